The predicted molar refractivity (Wildman–Crippen MR) is 53.3 cm³/mol. The van der Waals surface area contributed by atoms with Gasteiger partial charge >= 0.3 is 0 Å². The largest absolute Gasteiger partial charge is 0.395 e. The summed E-state index contributed by atoms with van der Waals surface area (Å²) in [5.41, 5.74) is 0. The fraction of sp³-hybridized carbons (Fsp3) is 1.00. The van der Waals surface area contributed by atoms with E-state index in [1.54, 1.807) is 0 Å². The molecule has 0 aromatic rings. The molecule has 1 aliphatic rings. The van der Waals surface area contributed by atoms with E-state index in [1.807, 2.05) is 4.31 Å². The highest BCUT2D eigenvalue weighted by Crippen LogP contribution is 2.13. The molecule has 1 rings (SSSR count). The van der Waals surface area contributed by atoms with Crippen LogP contribution in [-0.4, -0.2) is 52.6 Å². The van der Waals surface area contributed by atoms with E-state index in [4.69, 9.17) is 5.11 Å². The van der Waals surface area contributed by atoms with Crippen molar-refractivity contribution in [1.29, 1.82) is 0 Å². The topological polar surface area (TPSA) is 26.7 Å². The maximum atomic E-state index is 9.13. The van der Waals surface area contributed by atoms with Crippen molar-refractivity contribution in [2.45, 2.75) is 25.9 Å². The molecular formula is C8H18N2OS. The van der Waals surface area contributed by atoms with E-state index in [1.165, 1.54) is 0 Å². The number of rotatable bonds is 2. The van der Waals surface area contributed by atoms with E-state index in [-0.39, 0.29) is 12.6 Å². The fourth-order valence-corrected chi connectivity index (χ4v) is 1.97. The van der Waals surface area contributed by atoms with Crippen LogP contribution in [0.25, 0.3) is 0 Å². The Balaban J connectivity index is 2.50. The monoisotopic (exact) mass is 190 g/mol. The van der Waals surface area contributed by atoms with Crippen molar-refractivity contribution in [3.05, 3.63) is 0 Å². The van der Waals surface area contributed by atoms with Crippen molar-refractivity contribution in [3.63, 3.8) is 0 Å². The lowest BCUT2D eigenvalue weighted by atomic mass is 10.1. The van der Waals surface area contributed by atoms with Crippen LogP contribution in [0.15, 0.2) is 0 Å². The Kier molecular flexibility index (Phi) is 3.83. The number of hydrogen-bond donors (Lipinski definition) is 2. The van der Waals surface area contributed by atoms with Crippen LogP contribution in [0, 0.1) is 0 Å². The third-order valence-corrected chi connectivity index (χ3v) is 2.74. The Morgan fingerprint density at radius 2 is 2.17 bits per heavy atom. The first-order chi connectivity index (χ1) is 5.65. The molecule has 0 saturated carbocycles. The second kappa shape index (κ2) is 4.46. The van der Waals surface area contributed by atoms with Crippen molar-refractivity contribution >= 4 is 12.8 Å². The highest BCUT2D eigenvalue weighted by atomic mass is 32.1. The van der Waals surface area contributed by atoms with Gasteiger partial charge in [0.05, 0.1) is 6.61 Å². The molecule has 0 bridgehead atoms. The number of aliphatic hydroxyl groups excluding tert-OH is 1. The second-order valence-electron chi connectivity index (χ2n) is 3.58. The molecule has 1 aliphatic heterocycles. The summed E-state index contributed by atoms with van der Waals surface area (Å²) in [4.78, 5) is 2.33. The van der Waals surface area contributed by atoms with Gasteiger partial charge in [-0.05, 0) is 13.8 Å². The van der Waals surface area contributed by atoms with Crippen LogP contribution in [0.3, 0.4) is 0 Å². The van der Waals surface area contributed by atoms with E-state index in [0.29, 0.717) is 6.04 Å². The van der Waals surface area contributed by atoms with Crippen LogP contribution >= 0.6 is 12.8 Å². The standard InChI is InChI=1S/C8H18N2OS/c1-7(2)10-4-3-9(12)5-8(10)6-11/h7-8,11-12H,3-6H2,1-2H3. The van der Waals surface area contributed by atoms with Crippen molar-refractivity contribution in [2.24, 2.45) is 0 Å². The highest BCUT2D eigenvalue weighted by molar-refractivity contribution is 7.77. The number of thiol groups is 1. The van der Waals surface area contributed by atoms with Crippen molar-refractivity contribution < 1.29 is 5.11 Å². The molecule has 1 N–H and O–H groups in total. The van der Waals surface area contributed by atoms with Crippen molar-refractivity contribution in [1.82, 2.24) is 9.21 Å². The maximum absolute atomic E-state index is 9.13. The molecule has 1 atom stereocenters. The van der Waals surface area contributed by atoms with Gasteiger partial charge < -0.3 is 5.11 Å². The van der Waals surface area contributed by atoms with Gasteiger partial charge in [0, 0.05) is 31.7 Å². The minimum atomic E-state index is 0.231. The normalized spacial score (nSPS) is 28.2. The SMILES string of the molecule is CC(C)N1CCN(S)CC1CO. The number of nitrogens with zero attached hydrogens (tertiary/aromatic N) is 2. The Morgan fingerprint density at radius 3 is 2.67 bits per heavy atom. The predicted octanol–water partition coefficient (Wildman–Crippen LogP) is 0.218. The van der Waals surface area contributed by atoms with Gasteiger partial charge in [-0.15, -0.1) is 0 Å². The molecule has 1 saturated heterocycles. The summed E-state index contributed by atoms with van der Waals surface area (Å²) in [5, 5.41) is 9.13. The van der Waals surface area contributed by atoms with Crippen LogP contribution in [0.5, 0.6) is 0 Å². The van der Waals surface area contributed by atoms with Crippen LogP contribution in [0.2, 0.25) is 0 Å². The third kappa shape index (κ3) is 2.36. The summed E-state index contributed by atoms with van der Waals surface area (Å²) in [6.07, 6.45) is 0. The molecule has 72 valence electrons. The molecule has 0 aromatic carbocycles. The smallest absolute Gasteiger partial charge is 0.0599 e. The quantitative estimate of drug-likeness (QED) is 0.610. The minimum Gasteiger partial charge on any atom is -0.395 e. The molecular weight excluding hydrogens is 172 g/mol. The van der Waals surface area contributed by atoms with Crippen LogP contribution < -0.4 is 0 Å². The average molecular weight is 190 g/mol. The third-order valence-electron chi connectivity index (χ3n) is 2.38. The first-order valence-electron chi connectivity index (χ1n) is 4.45. The maximum Gasteiger partial charge on any atom is 0.0599 e. The van der Waals surface area contributed by atoms with Gasteiger partial charge in [-0.3, -0.25) is 9.21 Å². The number of piperazine rings is 1. The van der Waals surface area contributed by atoms with Crippen LogP contribution in [0.4, 0.5) is 0 Å². The molecule has 4 heteroatoms. The van der Waals surface area contributed by atoms with Crippen LogP contribution in [0.1, 0.15) is 13.8 Å². The molecule has 0 radical (unpaired) electrons. The lowest BCUT2D eigenvalue weighted by Gasteiger charge is -2.40. The van der Waals surface area contributed by atoms with E-state index in [0.717, 1.165) is 19.6 Å². The summed E-state index contributed by atoms with van der Waals surface area (Å²) in [6.45, 7) is 7.41. The van der Waals surface area contributed by atoms with Crippen LogP contribution in [-0.2, 0) is 0 Å². The van der Waals surface area contributed by atoms with Crippen molar-refractivity contribution in [3.8, 4) is 0 Å². The van der Waals surface area contributed by atoms with Gasteiger partial charge in [-0.2, -0.15) is 0 Å². The molecule has 1 heterocycles. The molecule has 0 spiro atoms. The summed E-state index contributed by atoms with van der Waals surface area (Å²) < 4.78 is 1.97. The first-order valence-corrected chi connectivity index (χ1v) is 4.85. The zero-order chi connectivity index (χ0) is 9.14. The Bertz CT molecular complexity index is 143. The van der Waals surface area contributed by atoms with E-state index < -0.39 is 0 Å². The van der Waals surface area contributed by atoms with Gasteiger partial charge in [0.15, 0.2) is 0 Å². The van der Waals surface area contributed by atoms with Gasteiger partial charge in [-0.1, -0.05) is 12.8 Å². The van der Waals surface area contributed by atoms with E-state index >= 15 is 0 Å². The second-order valence-corrected chi connectivity index (χ2v) is 4.15. The van der Waals surface area contributed by atoms with Gasteiger partial charge in [-0.25, -0.2) is 0 Å². The summed E-state index contributed by atoms with van der Waals surface area (Å²) >= 11 is 4.28. The molecule has 1 unspecified atom stereocenters. The Morgan fingerprint density at radius 1 is 1.50 bits per heavy atom. The lowest BCUT2D eigenvalue weighted by Crippen LogP contribution is -2.54. The molecule has 0 aliphatic carbocycles. The van der Waals surface area contributed by atoms with E-state index in [9.17, 15) is 0 Å². The minimum absolute atomic E-state index is 0.231. The molecule has 12 heavy (non-hydrogen) atoms. The Hall–Kier alpha value is 0.230. The fourth-order valence-electron chi connectivity index (χ4n) is 1.70. The summed E-state index contributed by atoms with van der Waals surface area (Å²) in [5.74, 6) is 0. The summed E-state index contributed by atoms with van der Waals surface area (Å²) in [7, 11) is 0. The summed E-state index contributed by atoms with van der Waals surface area (Å²) in [6, 6.07) is 0.778. The molecule has 1 fully saturated rings. The molecule has 0 aromatic heterocycles. The zero-order valence-electron chi connectivity index (χ0n) is 7.77. The highest BCUT2D eigenvalue weighted by Gasteiger charge is 2.26. The molecule has 0 amide bonds. The molecule has 3 nitrogen and oxygen atoms in total. The van der Waals surface area contributed by atoms with E-state index in [2.05, 4.69) is 31.6 Å². The number of hydrogen-bond acceptors (Lipinski definition) is 4. The first kappa shape index (κ1) is 10.3. The average Bonchev–Trinajstić information content (AvgIpc) is 2.03. The van der Waals surface area contributed by atoms with Gasteiger partial charge in [0.1, 0.15) is 0 Å². The van der Waals surface area contributed by atoms with Crippen molar-refractivity contribution in [2.75, 3.05) is 26.2 Å². The zero-order valence-corrected chi connectivity index (χ0v) is 8.67. The van der Waals surface area contributed by atoms with Gasteiger partial charge in [0.25, 0.3) is 0 Å². The number of aliphatic hydroxyl groups is 1. The van der Waals surface area contributed by atoms with Gasteiger partial charge in [0.2, 0.25) is 0 Å². The Labute approximate surface area is 79.9 Å². The lowest BCUT2D eigenvalue weighted by molar-refractivity contribution is 0.0522.